The molecule has 1 saturated heterocycles. The SMILES string of the molecule is CC1OCCC1CNC(=O)c1ccc2c(c1)CCC(=O)N2. The van der Waals surface area contributed by atoms with Gasteiger partial charge < -0.3 is 15.4 Å². The lowest BCUT2D eigenvalue weighted by Gasteiger charge is -2.18. The summed E-state index contributed by atoms with van der Waals surface area (Å²) in [7, 11) is 0. The fraction of sp³-hybridized carbons (Fsp3) is 0.500. The number of nitrogens with one attached hydrogen (secondary N) is 2. The van der Waals surface area contributed by atoms with Crippen molar-refractivity contribution in [2.24, 2.45) is 5.92 Å². The van der Waals surface area contributed by atoms with E-state index in [-0.39, 0.29) is 17.9 Å². The molecule has 1 aromatic rings. The second kappa shape index (κ2) is 5.85. The molecule has 2 heterocycles. The lowest BCUT2D eigenvalue weighted by atomic mass is 9.99. The fourth-order valence-corrected chi connectivity index (χ4v) is 2.89. The average molecular weight is 288 g/mol. The van der Waals surface area contributed by atoms with Crippen LogP contribution in [-0.4, -0.2) is 31.1 Å². The Kier molecular flexibility index (Phi) is 3.92. The van der Waals surface area contributed by atoms with Gasteiger partial charge in [0.05, 0.1) is 6.10 Å². The van der Waals surface area contributed by atoms with Crippen LogP contribution in [0.3, 0.4) is 0 Å². The molecule has 0 saturated carbocycles. The first-order valence-electron chi connectivity index (χ1n) is 7.46. The minimum atomic E-state index is -0.0613. The highest BCUT2D eigenvalue weighted by Crippen LogP contribution is 2.24. The van der Waals surface area contributed by atoms with E-state index in [1.807, 2.05) is 19.1 Å². The molecule has 1 fully saturated rings. The van der Waals surface area contributed by atoms with Gasteiger partial charge in [-0.15, -0.1) is 0 Å². The number of ether oxygens (including phenoxy) is 1. The van der Waals surface area contributed by atoms with Gasteiger partial charge in [0.2, 0.25) is 5.91 Å². The summed E-state index contributed by atoms with van der Waals surface area (Å²) in [5, 5.41) is 5.80. The zero-order valence-corrected chi connectivity index (χ0v) is 12.1. The van der Waals surface area contributed by atoms with Gasteiger partial charge in [-0.2, -0.15) is 0 Å². The molecular weight excluding hydrogens is 268 g/mol. The number of fused-ring (bicyclic) bond motifs is 1. The molecule has 2 unspecified atom stereocenters. The van der Waals surface area contributed by atoms with Gasteiger partial charge in [0.25, 0.3) is 5.91 Å². The van der Waals surface area contributed by atoms with E-state index in [1.54, 1.807) is 6.07 Å². The maximum Gasteiger partial charge on any atom is 0.251 e. The van der Waals surface area contributed by atoms with Gasteiger partial charge >= 0.3 is 0 Å². The molecule has 0 aromatic heterocycles. The van der Waals surface area contributed by atoms with Crippen LogP contribution in [0.25, 0.3) is 0 Å². The van der Waals surface area contributed by atoms with Gasteiger partial charge in [-0.1, -0.05) is 0 Å². The van der Waals surface area contributed by atoms with Gasteiger partial charge in [-0.05, 0) is 43.5 Å². The molecule has 2 atom stereocenters. The molecule has 1 aromatic carbocycles. The van der Waals surface area contributed by atoms with Crippen molar-refractivity contribution in [3.05, 3.63) is 29.3 Å². The summed E-state index contributed by atoms with van der Waals surface area (Å²) in [5.41, 5.74) is 2.50. The molecule has 2 amide bonds. The van der Waals surface area contributed by atoms with Crippen LogP contribution in [0.1, 0.15) is 35.7 Å². The molecule has 5 heteroatoms. The highest BCUT2D eigenvalue weighted by molar-refractivity contribution is 5.97. The monoisotopic (exact) mass is 288 g/mol. The Morgan fingerprint density at radius 3 is 3.05 bits per heavy atom. The smallest absolute Gasteiger partial charge is 0.251 e. The number of aryl methyl sites for hydroxylation is 1. The van der Waals surface area contributed by atoms with E-state index in [0.717, 1.165) is 24.3 Å². The molecule has 0 aliphatic carbocycles. The molecule has 0 bridgehead atoms. The van der Waals surface area contributed by atoms with E-state index in [1.165, 1.54) is 0 Å². The van der Waals surface area contributed by atoms with Crippen LogP contribution in [0.4, 0.5) is 5.69 Å². The van der Waals surface area contributed by atoms with Gasteiger partial charge in [0.15, 0.2) is 0 Å². The lowest BCUT2D eigenvalue weighted by Crippen LogP contribution is -2.32. The van der Waals surface area contributed by atoms with Crippen LogP contribution in [-0.2, 0) is 16.0 Å². The van der Waals surface area contributed by atoms with Crippen molar-refractivity contribution in [3.8, 4) is 0 Å². The molecule has 0 spiro atoms. The van der Waals surface area contributed by atoms with Crippen molar-refractivity contribution in [3.63, 3.8) is 0 Å². The molecule has 0 radical (unpaired) electrons. The van der Waals surface area contributed by atoms with Crippen molar-refractivity contribution in [2.45, 2.75) is 32.3 Å². The molecule has 2 aliphatic heterocycles. The number of benzene rings is 1. The van der Waals surface area contributed by atoms with Crippen LogP contribution in [0.15, 0.2) is 18.2 Å². The van der Waals surface area contributed by atoms with Gasteiger partial charge in [-0.3, -0.25) is 9.59 Å². The quantitative estimate of drug-likeness (QED) is 0.890. The number of carbonyl (C=O) groups excluding carboxylic acids is 2. The minimum absolute atomic E-state index is 0.0370. The Hall–Kier alpha value is -1.88. The number of hydrogen-bond donors (Lipinski definition) is 2. The average Bonchev–Trinajstić information content (AvgIpc) is 2.89. The van der Waals surface area contributed by atoms with E-state index in [9.17, 15) is 9.59 Å². The maximum atomic E-state index is 12.2. The highest BCUT2D eigenvalue weighted by Gasteiger charge is 2.24. The van der Waals surface area contributed by atoms with Crippen LogP contribution >= 0.6 is 0 Å². The Balaban J connectivity index is 1.63. The van der Waals surface area contributed by atoms with Crippen LogP contribution in [0.2, 0.25) is 0 Å². The Labute approximate surface area is 124 Å². The largest absolute Gasteiger partial charge is 0.378 e. The standard InChI is InChI=1S/C16H20N2O3/c1-10-13(6-7-21-10)9-17-16(20)12-2-4-14-11(8-12)3-5-15(19)18-14/h2,4,8,10,13H,3,5-7,9H2,1H3,(H,17,20)(H,18,19). The predicted molar refractivity (Wildman–Crippen MR) is 79.2 cm³/mol. The first kappa shape index (κ1) is 14.1. The van der Waals surface area contributed by atoms with E-state index >= 15 is 0 Å². The maximum absolute atomic E-state index is 12.2. The van der Waals surface area contributed by atoms with Crippen molar-refractivity contribution < 1.29 is 14.3 Å². The summed E-state index contributed by atoms with van der Waals surface area (Å²) >= 11 is 0. The number of anilines is 1. The molecule has 2 N–H and O–H groups in total. The van der Waals surface area contributed by atoms with E-state index in [2.05, 4.69) is 10.6 Å². The van der Waals surface area contributed by atoms with Crippen LogP contribution < -0.4 is 10.6 Å². The summed E-state index contributed by atoms with van der Waals surface area (Å²) in [4.78, 5) is 23.5. The van der Waals surface area contributed by atoms with E-state index in [0.29, 0.717) is 30.9 Å². The minimum Gasteiger partial charge on any atom is -0.378 e. The Morgan fingerprint density at radius 2 is 2.29 bits per heavy atom. The first-order chi connectivity index (χ1) is 10.1. The Bertz CT molecular complexity index is 571. The number of hydrogen-bond acceptors (Lipinski definition) is 3. The predicted octanol–water partition coefficient (Wildman–Crippen LogP) is 1.73. The molecule has 5 nitrogen and oxygen atoms in total. The van der Waals surface area contributed by atoms with Crippen molar-refractivity contribution >= 4 is 17.5 Å². The third-order valence-corrected chi connectivity index (χ3v) is 4.32. The van der Waals surface area contributed by atoms with Gasteiger partial charge in [0.1, 0.15) is 0 Å². The third kappa shape index (κ3) is 3.08. The number of carbonyl (C=O) groups is 2. The van der Waals surface area contributed by atoms with Gasteiger partial charge in [-0.25, -0.2) is 0 Å². The van der Waals surface area contributed by atoms with E-state index in [4.69, 9.17) is 4.74 Å². The van der Waals surface area contributed by atoms with Crippen LogP contribution in [0, 0.1) is 5.92 Å². The second-order valence-corrected chi connectivity index (χ2v) is 5.75. The van der Waals surface area contributed by atoms with Crippen molar-refractivity contribution in [1.82, 2.24) is 5.32 Å². The van der Waals surface area contributed by atoms with Crippen molar-refractivity contribution in [2.75, 3.05) is 18.5 Å². The topological polar surface area (TPSA) is 67.4 Å². The lowest BCUT2D eigenvalue weighted by molar-refractivity contribution is -0.116. The second-order valence-electron chi connectivity index (χ2n) is 5.75. The Morgan fingerprint density at radius 1 is 1.43 bits per heavy atom. The summed E-state index contributed by atoms with van der Waals surface area (Å²) in [6.45, 7) is 3.47. The summed E-state index contributed by atoms with van der Waals surface area (Å²) in [5.74, 6) is 0.370. The van der Waals surface area contributed by atoms with Crippen molar-refractivity contribution in [1.29, 1.82) is 0 Å². The first-order valence-corrected chi connectivity index (χ1v) is 7.46. The highest BCUT2D eigenvalue weighted by atomic mass is 16.5. The zero-order chi connectivity index (χ0) is 14.8. The van der Waals surface area contributed by atoms with Crippen LogP contribution in [0.5, 0.6) is 0 Å². The fourth-order valence-electron chi connectivity index (χ4n) is 2.89. The normalized spacial score (nSPS) is 24.3. The molecule has 112 valence electrons. The summed E-state index contributed by atoms with van der Waals surface area (Å²) in [6, 6.07) is 5.44. The van der Waals surface area contributed by atoms with Gasteiger partial charge in [0, 0.05) is 36.7 Å². The molecular formula is C16H20N2O3. The number of rotatable bonds is 3. The summed E-state index contributed by atoms with van der Waals surface area (Å²) in [6.07, 6.45) is 2.38. The van der Waals surface area contributed by atoms with E-state index < -0.39 is 0 Å². The summed E-state index contributed by atoms with van der Waals surface area (Å²) < 4.78 is 5.50. The molecule has 2 aliphatic rings. The molecule has 21 heavy (non-hydrogen) atoms. The zero-order valence-electron chi connectivity index (χ0n) is 12.1. The third-order valence-electron chi connectivity index (χ3n) is 4.32. The molecule has 3 rings (SSSR count). The number of amides is 2.